The van der Waals surface area contributed by atoms with Gasteiger partial charge < -0.3 is 4.74 Å². The minimum absolute atomic E-state index is 0.293. The minimum Gasteiger partial charge on any atom is -0.489 e. The topological polar surface area (TPSA) is 61.9 Å². The second-order valence-electron chi connectivity index (χ2n) is 4.93. The third kappa shape index (κ3) is 2.55. The molecule has 3 aromatic rings. The Bertz CT molecular complexity index is 913. The van der Waals surface area contributed by atoms with Gasteiger partial charge in [0, 0.05) is 22.9 Å². The fourth-order valence-electron chi connectivity index (χ4n) is 2.10. The molecule has 0 amide bonds. The average molecular weight is 318 g/mol. The Morgan fingerprint density at radius 3 is 2.86 bits per heavy atom. The standard InChI is InChI=1S/C15H16N4O2S/c1-10-6-4-5-7-14(10)21-8-12-11(2)22-9-13(12)19-15(20)18(3)16-17-19/h4-7,9H,8H2,1-3H3/i4T. The van der Waals surface area contributed by atoms with Crippen LogP contribution in [0.3, 0.4) is 0 Å². The van der Waals surface area contributed by atoms with E-state index in [-0.39, 0.29) is 5.69 Å². The number of hydrogen-bond acceptors (Lipinski definition) is 5. The Morgan fingerprint density at radius 1 is 1.36 bits per heavy atom. The summed E-state index contributed by atoms with van der Waals surface area (Å²) in [6.45, 7) is 4.21. The van der Waals surface area contributed by atoms with Crippen LogP contribution in [-0.2, 0) is 13.7 Å². The highest BCUT2D eigenvalue weighted by atomic mass is 32.1. The van der Waals surface area contributed by atoms with E-state index < -0.39 is 0 Å². The molecule has 0 unspecified atom stereocenters. The zero-order chi connectivity index (χ0) is 16.6. The summed E-state index contributed by atoms with van der Waals surface area (Å²) in [7, 11) is 1.56. The van der Waals surface area contributed by atoms with E-state index in [9.17, 15) is 4.79 Å². The number of tetrazole rings is 1. The average Bonchev–Trinajstić information content (AvgIpc) is 3.02. The van der Waals surface area contributed by atoms with Gasteiger partial charge in [0.15, 0.2) is 0 Å². The Kier molecular flexibility index (Phi) is 3.48. The van der Waals surface area contributed by atoms with Crippen molar-refractivity contribution in [1.29, 1.82) is 0 Å². The molecule has 0 N–H and O–H groups in total. The molecule has 7 heteroatoms. The molecule has 2 heterocycles. The zero-order valence-electron chi connectivity index (χ0n) is 13.5. The van der Waals surface area contributed by atoms with E-state index in [4.69, 9.17) is 6.11 Å². The Hall–Kier alpha value is -2.41. The minimum atomic E-state index is -0.293. The second-order valence-corrected chi connectivity index (χ2v) is 6.02. The molecule has 2 aromatic heterocycles. The Morgan fingerprint density at radius 2 is 2.18 bits per heavy atom. The van der Waals surface area contributed by atoms with Gasteiger partial charge in [-0.3, -0.25) is 0 Å². The normalized spacial score (nSPS) is 11.5. The third-order valence-corrected chi connectivity index (χ3v) is 4.36. The molecule has 0 atom stereocenters. The first kappa shape index (κ1) is 13.3. The number of rotatable bonds is 4. The molecule has 0 aliphatic carbocycles. The SMILES string of the molecule is [3H]c1ccc(OCc2c(-n3nnn(C)c3=O)csc2C)c(C)c1. The van der Waals surface area contributed by atoms with Gasteiger partial charge in [0.25, 0.3) is 0 Å². The van der Waals surface area contributed by atoms with Crippen molar-refractivity contribution in [3.63, 3.8) is 0 Å². The van der Waals surface area contributed by atoms with Crippen molar-refractivity contribution >= 4 is 11.3 Å². The smallest absolute Gasteiger partial charge is 0.368 e. The Labute approximate surface area is 133 Å². The molecule has 0 aliphatic rings. The van der Waals surface area contributed by atoms with Gasteiger partial charge in [-0.2, -0.15) is 9.36 Å². The van der Waals surface area contributed by atoms with Crippen LogP contribution in [0.2, 0.25) is 0 Å². The molecule has 22 heavy (non-hydrogen) atoms. The number of aromatic nitrogens is 4. The van der Waals surface area contributed by atoms with Crippen molar-refractivity contribution in [3.05, 3.63) is 56.1 Å². The molecule has 0 aliphatic heterocycles. The molecular weight excluding hydrogens is 300 g/mol. The predicted octanol–water partition coefficient (Wildman–Crippen LogP) is 2.22. The highest BCUT2D eigenvalue weighted by Crippen LogP contribution is 2.26. The molecule has 0 saturated heterocycles. The van der Waals surface area contributed by atoms with Crippen LogP contribution in [0.1, 0.15) is 17.4 Å². The van der Waals surface area contributed by atoms with Crippen molar-refractivity contribution in [2.45, 2.75) is 20.5 Å². The van der Waals surface area contributed by atoms with Crippen molar-refractivity contribution in [1.82, 2.24) is 19.8 Å². The van der Waals surface area contributed by atoms with Crippen LogP contribution in [0, 0.1) is 13.8 Å². The second kappa shape index (κ2) is 5.76. The highest BCUT2D eigenvalue weighted by Gasteiger charge is 2.16. The van der Waals surface area contributed by atoms with Gasteiger partial charge in [-0.25, -0.2) is 4.79 Å². The highest BCUT2D eigenvalue weighted by molar-refractivity contribution is 7.10. The number of benzene rings is 1. The van der Waals surface area contributed by atoms with E-state index in [0.717, 1.165) is 21.8 Å². The summed E-state index contributed by atoms with van der Waals surface area (Å²) in [5.41, 5.74) is 2.22. The van der Waals surface area contributed by atoms with Gasteiger partial charge in [-0.1, -0.05) is 18.2 Å². The molecule has 6 nitrogen and oxygen atoms in total. The molecule has 3 rings (SSSR count). The summed E-state index contributed by atoms with van der Waals surface area (Å²) >= 11 is 1.54. The van der Waals surface area contributed by atoms with E-state index in [1.165, 1.54) is 20.7 Å². The lowest BCUT2D eigenvalue weighted by molar-refractivity contribution is 0.303. The molecule has 1 aromatic carbocycles. The molecule has 0 saturated carbocycles. The monoisotopic (exact) mass is 318 g/mol. The van der Waals surface area contributed by atoms with Crippen molar-refractivity contribution in [2.75, 3.05) is 0 Å². The number of hydrogen-bond donors (Lipinski definition) is 0. The number of aryl methyl sites for hydroxylation is 3. The fourth-order valence-corrected chi connectivity index (χ4v) is 2.93. The van der Waals surface area contributed by atoms with Crippen LogP contribution < -0.4 is 10.4 Å². The van der Waals surface area contributed by atoms with Crippen LogP contribution in [0.25, 0.3) is 5.69 Å². The quantitative estimate of drug-likeness (QED) is 0.740. The predicted molar refractivity (Wildman–Crippen MR) is 84.7 cm³/mol. The van der Waals surface area contributed by atoms with Crippen LogP contribution in [-0.4, -0.2) is 19.8 Å². The summed E-state index contributed by atoms with van der Waals surface area (Å²) in [5, 5.41) is 9.51. The van der Waals surface area contributed by atoms with Crippen molar-refractivity contribution in [3.8, 4) is 11.4 Å². The molecule has 0 spiro atoms. The van der Waals surface area contributed by atoms with E-state index in [1.54, 1.807) is 25.2 Å². The molecule has 0 radical (unpaired) electrons. The van der Waals surface area contributed by atoms with Crippen molar-refractivity contribution in [2.24, 2.45) is 7.05 Å². The maximum Gasteiger partial charge on any atom is 0.368 e. The number of para-hydroxylation sites is 1. The van der Waals surface area contributed by atoms with Crippen LogP contribution in [0.15, 0.2) is 34.4 Å². The first-order valence-corrected chi connectivity index (χ1v) is 7.61. The van der Waals surface area contributed by atoms with E-state index in [0.29, 0.717) is 18.3 Å². The van der Waals surface area contributed by atoms with E-state index >= 15 is 0 Å². The molecular formula is C15H16N4O2S. The summed E-state index contributed by atoms with van der Waals surface area (Å²) in [5.74, 6) is 0.726. The third-order valence-electron chi connectivity index (χ3n) is 3.42. The Balaban J connectivity index is 1.90. The summed E-state index contributed by atoms with van der Waals surface area (Å²) in [6, 6.07) is 5.68. The van der Waals surface area contributed by atoms with Gasteiger partial charge in [0.1, 0.15) is 12.4 Å². The first-order valence-electron chi connectivity index (χ1n) is 7.24. The molecule has 0 bridgehead atoms. The molecule has 0 fully saturated rings. The summed E-state index contributed by atoms with van der Waals surface area (Å²) in [6.07, 6.45) is 0. The maximum absolute atomic E-state index is 12.0. The van der Waals surface area contributed by atoms with Crippen LogP contribution in [0.4, 0.5) is 0 Å². The number of ether oxygens (including phenoxy) is 1. The lowest BCUT2D eigenvalue weighted by Gasteiger charge is -2.10. The summed E-state index contributed by atoms with van der Waals surface area (Å²) in [4.78, 5) is 13.1. The largest absolute Gasteiger partial charge is 0.489 e. The number of thiophene rings is 1. The lowest BCUT2D eigenvalue weighted by atomic mass is 10.2. The number of nitrogens with zero attached hydrogens (tertiary/aromatic N) is 4. The maximum atomic E-state index is 12.0. The van der Waals surface area contributed by atoms with Crippen molar-refractivity contribution < 1.29 is 6.11 Å². The lowest BCUT2D eigenvalue weighted by Crippen LogP contribution is -2.22. The van der Waals surface area contributed by atoms with E-state index in [1.807, 2.05) is 19.2 Å². The first-order chi connectivity index (χ1) is 11.0. The van der Waals surface area contributed by atoms with Gasteiger partial charge >= 0.3 is 5.69 Å². The van der Waals surface area contributed by atoms with Gasteiger partial charge in [0.2, 0.25) is 0 Å². The van der Waals surface area contributed by atoms with Crippen LogP contribution >= 0.6 is 11.3 Å². The van der Waals surface area contributed by atoms with Gasteiger partial charge in [-0.15, -0.1) is 11.3 Å². The van der Waals surface area contributed by atoms with Crippen LogP contribution in [0.5, 0.6) is 5.75 Å². The zero-order valence-corrected chi connectivity index (χ0v) is 13.3. The summed E-state index contributed by atoms with van der Waals surface area (Å²) < 4.78 is 15.9. The fraction of sp³-hybridized carbons (Fsp3) is 0.267. The van der Waals surface area contributed by atoms with Gasteiger partial charge in [0.05, 0.1) is 7.06 Å². The molecule has 114 valence electrons. The van der Waals surface area contributed by atoms with E-state index in [2.05, 4.69) is 10.4 Å². The van der Waals surface area contributed by atoms with Gasteiger partial charge in [-0.05, 0) is 35.9 Å².